The third-order valence-electron chi connectivity index (χ3n) is 10.7. The highest BCUT2D eigenvalue weighted by molar-refractivity contribution is 6.22. The highest BCUT2D eigenvalue weighted by Crippen LogP contribution is 2.46. The van der Waals surface area contributed by atoms with Crippen molar-refractivity contribution in [1.29, 1.82) is 0 Å². The minimum absolute atomic E-state index is 0.252. The number of para-hydroxylation sites is 1. The number of nitrogens with zero attached hydrogens (tertiary/aromatic N) is 1. The minimum atomic E-state index is -0.252. The van der Waals surface area contributed by atoms with Gasteiger partial charge in [-0.25, -0.2) is 4.39 Å². The Bertz CT molecular complexity index is 2980. The van der Waals surface area contributed by atoms with Crippen molar-refractivity contribution in [2.75, 3.05) is 4.90 Å². The summed E-state index contributed by atoms with van der Waals surface area (Å²) in [5, 5.41) is 9.82. The number of fused-ring (bicyclic) bond motifs is 4. The van der Waals surface area contributed by atoms with E-state index < -0.39 is 0 Å². The summed E-state index contributed by atoms with van der Waals surface area (Å²) in [5.74, 6) is -0.252. The molecule has 0 heterocycles. The number of hydrogen-bond acceptors (Lipinski definition) is 1. The van der Waals surface area contributed by atoms with Crippen LogP contribution in [0.3, 0.4) is 0 Å². The summed E-state index contributed by atoms with van der Waals surface area (Å²) < 4.78 is 14.0. The fraction of sp³-hybridized carbons (Fsp3) is 0. The molecule has 1 nitrogen and oxygen atoms in total. The van der Waals surface area contributed by atoms with Gasteiger partial charge in [-0.2, -0.15) is 0 Å². The highest BCUT2D eigenvalue weighted by Gasteiger charge is 2.19. The lowest BCUT2D eigenvalue weighted by Gasteiger charge is -2.25. The Labute approximate surface area is 313 Å². The van der Waals surface area contributed by atoms with Crippen molar-refractivity contribution in [2.45, 2.75) is 0 Å². The first-order valence-electron chi connectivity index (χ1n) is 18.4. The summed E-state index contributed by atoms with van der Waals surface area (Å²) >= 11 is 0. The van der Waals surface area contributed by atoms with Crippen molar-refractivity contribution in [1.82, 2.24) is 0 Å². The van der Waals surface area contributed by atoms with Crippen LogP contribution in [-0.2, 0) is 0 Å². The SMILES string of the molecule is Fc1ccc(N(c2ccccc2)c2ccc(-c3ccc4c(-c5ccc6ccccc6c5)c5ccccc5c(-c5ccc6ccccc6c5)c4c3)cc2)cc1. The van der Waals surface area contributed by atoms with E-state index in [-0.39, 0.29) is 5.82 Å². The van der Waals surface area contributed by atoms with Crippen molar-refractivity contribution in [3.63, 3.8) is 0 Å². The average molecular weight is 692 g/mol. The second kappa shape index (κ2) is 13.2. The fourth-order valence-electron chi connectivity index (χ4n) is 8.09. The van der Waals surface area contributed by atoms with Gasteiger partial charge in [-0.3, -0.25) is 0 Å². The monoisotopic (exact) mass is 691 g/mol. The second-order valence-corrected chi connectivity index (χ2v) is 13.9. The van der Waals surface area contributed by atoms with Crippen LogP contribution in [0.2, 0.25) is 0 Å². The van der Waals surface area contributed by atoms with Crippen molar-refractivity contribution >= 4 is 60.2 Å². The van der Waals surface area contributed by atoms with Crippen molar-refractivity contribution in [3.05, 3.63) is 212 Å². The van der Waals surface area contributed by atoms with Crippen LogP contribution in [0.4, 0.5) is 21.5 Å². The largest absolute Gasteiger partial charge is 0.311 e. The molecule has 0 aliphatic carbocycles. The van der Waals surface area contributed by atoms with Gasteiger partial charge in [-0.15, -0.1) is 0 Å². The number of benzene rings is 10. The zero-order valence-corrected chi connectivity index (χ0v) is 29.5. The van der Waals surface area contributed by atoms with Crippen molar-refractivity contribution in [2.24, 2.45) is 0 Å². The molecule has 0 radical (unpaired) electrons. The molecule has 0 aliphatic heterocycles. The number of rotatable bonds is 6. The van der Waals surface area contributed by atoms with Crippen LogP contribution in [0, 0.1) is 5.82 Å². The molecule has 0 atom stereocenters. The lowest BCUT2D eigenvalue weighted by molar-refractivity contribution is 0.628. The van der Waals surface area contributed by atoms with E-state index in [2.05, 4.69) is 169 Å². The molecule has 0 aliphatic rings. The third kappa shape index (κ3) is 5.57. The fourth-order valence-corrected chi connectivity index (χ4v) is 8.09. The maximum atomic E-state index is 14.0. The lowest BCUT2D eigenvalue weighted by Crippen LogP contribution is -2.09. The van der Waals surface area contributed by atoms with Crippen LogP contribution in [0.1, 0.15) is 0 Å². The van der Waals surface area contributed by atoms with E-state index in [1.54, 1.807) is 0 Å². The number of halogens is 1. The molecule has 2 heteroatoms. The smallest absolute Gasteiger partial charge is 0.123 e. The van der Waals surface area contributed by atoms with Crippen LogP contribution in [0.5, 0.6) is 0 Å². The van der Waals surface area contributed by atoms with Gasteiger partial charge >= 0.3 is 0 Å². The molecule has 0 unspecified atom stereocenters. The molecule has 0 fully saturated rings. The van der Waals surface area contributed by atoms with Gasteiger partial charge in [-0.05, 0) is 143 Å². The molecule has 0 bridgehead atoms. The maximum Gasteiger partial charge on any atom is 0.123 e. The summed E-state index contributed by atoms with van der Waals surface area (Å²) in [5.41, 5.74) is 10.1. The van der Waals surface area contributed by atoms with E-state index in [0.29, 0.717) is 0 Å². The molecule has 0 saturated carbocycles. The molecular formula is C52H34FN. The van der Waals surface area contributed by atoms with E-state index in [9.17, 15) is 4.39 Å². The third-order valence-corrected chi connectivity index (χ3v) is 10.7. The summed E-state index contributed by atoms with van der Waals surface area (Å²) in [6, 6.07) is 72.2. The standard InChI is InChI=1S/C52H34FN/c53-43-25-29-46(30-26-43)54(44-14-2-1-3-15-44)45-27-22-37(23-28-45)40-24-31-49-50(34-40)52(42-21-19-36-11-5-7-13-39(36)33-42)48-17-9-8-16-47(48)51(49)41-20-18-35-10-4-6-12-38(35)32-41/h1-34H. The minimum Gasteiger partial charge on any atom is -0.311 e. The van der Waals surface area contributed by atoms with Gasteiger partial charge < -0.3 is 4.90 Å². The van der Waals surface area contributed by atoms with Crippen LogP contribution in [0.15, 0.2) is 206 Å². The van der Waals surface area contributed by atoms with Gasteiger partial charge in [0.25, 0.3) is 0 Å². The molecule has 10 aromatic rings. The lowest BCUT2D eigenvalue weighted by atomic mass is 9.84. The van der Waals surface area contributed by atoms with Crippen molar-refractivity contribution < 1.29 is 4.39 Å². The normalized spacial score (nSPS) is 11.4. The Morgan fingerprint density at radius 2 is 0.704 bits per heavy atom. The highest BCUT2D eigenvalue weighted by atomic mass is 19.1. The van der Waals surface area contributed by atoms with Gasteiger partial charge in [0, 0.05) is 17.1 Å². The Balaban J connectivity index is 1.18. The van der Waals surface area contributed by atoms with Gasteiger partial charge in [0.05, 0.1) is 0 Å². The molecule has 0 spiro atoms. The van der Waals surface area contributed by atoms with Gasteiger partial charge in [0.15, 0.2) is 0 Å². The van der Waals surface area contributed by atoms with Gasteiger partial charge in [-0.1, -0.05) is 140 Å². The Morgan fingerprint density at radius 1 is 0.278 bits per heavy atom. The molecule has 54 heavy (non-hydrogen) atoms. The first-order chi connectivity index (χ1) is 26.7. The predicted octanol–water partition coefficient (Wildman–Crippen LogP) is 14.9. The van der Waals surface area contributed by atoms with Gasteiger partial charge in [0.1, 0.15) is 5.82 Å². The molecule has 0 aromatic heterocycles. The van der Waals surface area contributed by atoms with E-state index in [0.717, 1.165) is 28.2 Å². The molecule has 10 rings (SSSR count). The number of anilines is 3. The Hall–Kier alpha value is -7.03. The molecule has 254 valence electrons. The first kappa shape index (κ1) is 31.7. The average Bonchev–Trinajstić information content (AvgIpc) is 3.23. The topological polar surface area (TPSA) is 3.24 Å². The predicted molar refractivity (Wildman–Crippen MR) is 227 cm³/mol. The maximum absolute atomic E-state index is 14.0. The molecular weight excluding hydrogens is 658 g/mol. The summed E-state index contributed by atoms with van der Waals surface area (Å²) in [7, 11) is 0. The second-order valence-electron chi connectivity index (χ2n) is 13.9. The summed E-state index contributed by atoms with van der Waals surface area (Å²) in [6.45, 7) is 0. The molecule has 10 aromatic carbocycles. The molecule has 0 saturated heterocycles. The number of hydrogen-bond donors (Lipinski definition) is 0. The van der Waals surface area contributed by atoms with Crippen LogP contribution < -0.4 is 4.90 Å². The van der Waals surface area contributed by atoms with Crippen LogP contribution >= 0.6 is 0 Å². The van der Waals surface area contributed by atoms with Crippen LogP contribution in [-0.4, -0.2) is 0 Å². The van der Waals surface area contributed by atoms with E-state index in [4.69, 9.17) is 0 Å². The first-order valence-corrected chi connectivity index (χ1v) is 18.4. The summed E-state index contributed by atoms with van der Waals surface area (Å²) in [4.78, 5) is 2.16. The Kier molecular flexibility index (Phi) is 7.74. The molecule has 0 amide bonds. The Morgan fingerprint density at radius 3 is 1.30 bits per heavy atom. The van der Waals surface area contributed by atoms with E-state index in [1.807, 2.05) is 30.3 Å². The van der Waals surface area contributed by atoms with Crippen molar-refractivity contribution in [3.8, 4) is 33.4 Å². The van der Waals surface area contributed by atoms with E-state index in [1.165, 1.54) is 77.5 Å². The zero-order valence-electron chi connectivity index (χ0n) is 29.5. The van der Waals surface area contributed by atoms with E-state index >= 15 is 0 Å². The summed E-state index contributed by atoms with van der Waals surface area (Å²) in [6.07, 6.45) is 0. The molecule has 0 N–H and O–H groups in total. The zero-order chi connectivity index (χ0) is 36.0. The van der Waals surface area contributed by atoms with Gasteiger partial charge in [0.2, 0.25) is 0 Å². The van der Waals surface area contributed by atoms with Crippen LogP contribution in [0.25, 0.3) is 76.5 Å². The quantitative estimate of drug-likeness (QED) is 0.157.